The Kier molecular flexibility index (Phi) is 3.01. The summed E-state index contributed by atoms with van der Waals surface area (Å²) in [5.74, 6) is 0.526. The maximum Gasteiger partial charge on any atom is 0.213 e. The summed E-state index contributed by atoms with van der Waals surface area (Å²) in [6, 6.07) is 3.75. The number of carbonyl (C=O) groups is 1. The molecule has 3 nitrogen and oxygen atoms in total. The van der Waals surface area contributed by atoms with E-state index in [4.69, 9.17) is 4.74 Å². The number of hydrogen-bond donors (Lipinski definition) is 0. The summed E-state index contributed by atoms with van der Waals surface area (Å²) < 4.78 is 5.12. The van der Waals surface area contributed by atoms with Crippen LogP contribution in [-0.4, -0.2) is 15.5 Å². The Morgan fingerprint density at radius 2 is 2.06 bits per heavy atom. The monoisotopic (exact) mass is 235 g/mol. The second kappa shape index (κ2) is 4.29. The number of rotatable bonds is 3. The fourth-order valence-electron chi connectivity index (χ4n) is 1.34. The van der Waals surface area contributed by atoms with Gasteiger partial charge < -0.3 is 4.74 Å². The van der Waals surface area contributed by atoms with Gasteiger partial charge in [-0.25, -0.2) is 0 Å². The molecule has 0 N–H and O–H groups in total. The fourth-order valence-corrected chi connectivity index (χ4v) is 2.13. The standard InChI is InChI=1S/C12H13NO2S/c1-12(2)11(14)10(8-16-12)15-7-9-3-5-13-6-4-9/h3-6,8H,7H2,1-2H3. The van der Waals surface area contributed by atoms with Gasteiger partial charge >= 0.3 is 0 Å². The zero-order valence-corrected chi connectivity index (χ0v) is 10.1. The van der Waals surface area contributed by atoms with Crippen molar-refractivity contribution in [3.8, 4) is 0 Å². The molecule has 2 rings (SSSR count). The number of ether oxygens (including phenoxy) is 1. The molecule has 0 radical (unpaired) electrons. The first-order chi connectivity index (χ1) is 7.59. The normalized spacial score (nSPS) is 18.4. The first-order valence-electron chi connectivity index (χ1n) is 5.04. The number of pyridine rings is 1. The molecule has 0 aliphatic carbocycles. The SMILES string of the molecule is CC1(C)SC=C(OCc2ccncc2)C1=O. The van der Waals surface area contributed by atoms with Crippen molar-refractivity contribution in [3.05, 3.63) is 41.3 Å². The largest absolute Gasteiger partial charge is 0.485 e. The molecule has 1 aromatic rings. The molecule has 0 amide bonds. The number of nitrogens with zero attached hydrogens (tertiary/aromatic N) is 1. The summed E-state index contributed by atoms with van der Waals surface area (Å²) in [4.78, 5) is 15.7. The van der Waals surface area contributed by atoms with E-state index in [1.54, 1.807) is 17.8 Å². The minimum atomic E-state index is -0.381. The maximum atomic E-state index is 11.8. The van der Waals surface area contributed by atoms with Gasteiger partial charge in [0.2, 0.25) is 5.78 Å². The highest BCUT2D eigenvalue weighted by Gasteiger charge is 2.36. The van der Waals surface area contributed by atoms with Crippen LogP contribution in [0.15, 0.2) is 35.7 Å². The Hall–Kier alpha value is -1.29. The lowest BCUT2D eigenvalue weighted by atomic mass is 10.1. The second-order valence-corrected chi connectivity index (χ2v) is 5.58. The van der Waals surface area contributed by atoms with Crippen molar-refractivity contribution >= 4 is 17.5 Å². The molecular weight excluding hydrogens is 222 g/mol. The lowest BCUT2D eigenvalue weighted by Crippen LogP contribution is -2.25. The molecule has 0 fully saturated rings. The molecule has 4 heteroatoms. The van der Waals surface area contributed by atoms with Crippen molar-refractivity contribution in [2.75, 3.05) is 0 Å². The highest BCUT2D eigenvalue weighted by Crippen LogP contribution is 2.37. The second-order valence-electron chi connectivity index (χ2n) is 4.08. The molecule has 1 aliphatic rings. The van der Waals surface area contributed by atoms with Gasteiger partial charge in [-0.05, 0) is 31.5 Å². The first-order valence-corrected chi connectivity index (χ1v) is 5.92. The van der Waals surface area contributed by atoms with E-state index < -0.39 is 0 Å². The van der Waals surface area contributed by atoms with E-state index in [0.717, 1.165) is 5.56 Å². The number of Topliss-reactive ketones (excluding diaryl/α,β-unsaturated/α-hetero) is 1. The Balaban J connectivity index is 1.96. The highest BCUT2D eigenvalue weighted by molar-refractivity contribution is 8.04. The Bertz CT molecular complexity index is 426. The molecule has 0 unspecified atom stereocenters. The number of ketones is 1. The third-order valence-corrected chi connectivity index (χ3v) is 3.48. The molecular formula is C12H13NO2S. The van der Waals surface area contributed by atoms with E-state index in [9.17, 15) is 4.79 Å². The van der Waals surface area contributed by atoms with E-state index >= 15 is 0 Å². The van der Waals surface area contributed by atoms with Gasteiger partial charge in [-0.2, -0.15) is 0 Å². The van der Waals surface area contributed by atoms with Gasteiger partial charge in [0.1, 0.15) is 6.61 Å². The van der Waals surface area contributed by atoms with E-state index in [0.29, 0.717) is 12.4 Å². The molecule has 16 heavy (non-hydrogen) atoms. The third kappa shape index (κ3) is 2.27. The van der Waals surface area contributed by atoms with Gasteiger partial charge in [-0.15, -0.1) is 11.8 Å². The van der Waals surface area contributed by atoms with Gasteiger partial charge in [-0.3, -0.25) is 9.78 Å². The van der Waals surface area contributed by atoms with Gasteiger partial charge in [0, 0.05) is 17.8 Å². The average molecular weight is 235 g/mol. The summed E-state index contributed by atoms with van der Waals surface area (Å²) in [6.07, 6.45) is 3.42. The van der Waals surface area contributed by atoms with Crippen LogP contribution >= 0.6 is 11.8 Å². The zero-order chi connectivity index (χ0) is 11.6. The predicted octanol–water partition coefficient (Wildman–Crippen LogP) is 2.53. The molecule has 0 saturated carbocycles. The van der Waals surface area contributed by atoms with Gasteiger partial charge in [0.25, 0.3) is 0 Å². The van der Waals surface area contributed by atoms with Crippen LogP contribution in [0.3, 0.4) is 0 Å². The van der Waals surface area contributed by atoms with E-state index in [1.165, 1.54) is 11.8 Å². The molecule has 1 aromatic heterocycles. The zero-order valence-electron chi connectivity index (χ0n) is 9.27. The van der Waals surface area contributed by atoms with Gasteiger partial charge in [-0.1, -0.05) is 0 Å². The number of allylic oxidation sites excluding steroid dienone is 1. The lowest BCUT2D eigenvalue weighted by molar-refractivity contribution is -0.120. The molecule has 0 aromatic carbocycles. The molecule has 0 saturated heterocycles. The van der Waals surface area contributed by atoms with Crippen LogP contribution in [0.5, 0.6) is 0 Å². The van der Waals surface area contributed by atoms with Crippen LogP contribution in [0.25, 0.3) is 0 Å². The van der Waals surface area contributed by atoms with Crippen molar-refractivity contribution in [3.63, 3.8) is 0 Å². The van der Waals surface area contributed by atoms with Crippen molar-refractivity contribution in [2.24, 2.45) is 0 Å². The summed E-state index contributed by atoms with van der Waals surface area (Å²) in [7, 11) is 0. The number of hydrogen-bond acceptors (Lipinski definition) is 4. The fraction of sp³-hybridized carbons (Fsp3) is 0.333. The van der Waals surface area contributed by atoms with E-state index in [-0.39, 0.29) is 10.5 Å². The minimum Gasteiger partial charge on any atom is -0.485 e. The van der Waals surface area contributed by atoms with E-state index in [1.807, 2.05) is 26.0 Å². The molecule has 0 atom stereocenters. The molecule has 0 spiro atoms. The van der Waals surface area contributed by atoms with Crippen LogP contribution in [0, 0.1) is 0 Å². The lowest BCUT2D eigenvalue weighted by Gasteiger charge is -2.14. The number of thioether (sulfide) groups is 1. The van der Waals surface area contributed by atoms with Crippen molar-refractivity contribution in [1.29, 1.82) is 0 Å². The van der Waals surface area contributed by atoms with Crippen molar-refractivity contribution in [2.45, 2.75) is 25.2 Å². The maximum absolute atomic E-state index is 11.8. The molecule has 2 heterocycles. The van der Waals surface area contributed by atoms with Crippen LogP contribution in [0.2, 0.25) is 0 Å². The first kappa shape index (κ1) is 11.2. The highest BCUT2D eigenvalue weighted by atomic mass is 32.2. The van der Waals surface area contributed by atoms with Gasteiger partial charge in [0.05, 0.1) is 4.75 Å². The van der Waals surface area contributed by atoms with Crippen molar-refractivity contribution in [1.82, 2.24) is 4.98 Å². The van der Waals surface area contributed by atoms with Crippen molar-refractivity contribution < 1.29 is 9.53 Å². The molecule has 1 aliphatic heterocycles. The molecule has 0 bridgehead atoms. The Morgan fingerprint density at radius 3 is 2.62 bits per heavy atom. The summed E-state index contributed by atoms with van der Waals surface area (Å²) in [5, 5.41) is 1.80. The summed E-state index contributed by atoms with van der Waals surface area (Å²) >= 11 is 1.50. The molecule has 84 valence electrons. The smallest absolute Gasteiger partial charge is 0.213 e. The quantitative estimate of drug-likeness (QED) is 0.807. The predicted molar refractivity (Wildman–Crippen MR) is 63.8 cm³/mol. The van der Waals surface area contributed by atoms with Crippen LogP contribution in [0.1, 0.15) is 19.4 Å². The summed E-state index contributed by atoms with van der Waals surface area (Å²) in [5.41, 5.74) is 1.01. The number of carbonyl (C=O) groups excluding carboxylic acids is 1. The Labute approximate surface area is 98.9 Å². The summed E-state index contributed by atoms with van der Waals surface area (Å²) in [6.45, 7) is 4.22. The average Bonchev–Trinajstić information content (AvgIpc) is 2.54. The van der Waals surface area contributed by atoms with E-state index in [2.05, 4.69) is 4.98 Å². The van der Waals surface area contributed by atoms with Crippen LogP contribution in [0.4, 0.5) is 0 Å². The Morgan fingerprint density at radius 1 is 1.38 bits per heavy atom. The minimum absolute atomic E-state index is 0.0616. The van der Waals surface area contributed by atoms with Crippen LogP contribution < -0.4 is 0 Å². The van der Waals surface area contributed by atoms with Crippen LogP contribution in [-0.2, 0) is 16.1 Å². The number of aromatic nitrogens is 1. The third-order valence-electron chi connectivity index (χ3n) is 2.37. The van der Waals surface area contributed by atoms with Gasteiger partial charge in [0.15, 0.2) is 5.76 Å². The topological polar surface area (TPSA) is 39.2 Å².